The van der Waals surface area contributed by atoms with Gasteiger partial charge in [0.15, 0.2) is 0 Å². The summed E-state index contributed by atoms with van der Waals surface area (Å²) in [6.07, 6.45) is 0. The quantitative estimate of drug-likeness (QED) is 0.618. The van der Waals surface area contributed by atoms with Gasteiger partial charge in [0, 0.05) is 12.5 Å². The minimum absolute atomic E-state index is 0.0335. The lowest BCUT2D eigenvalue weighted by atomic mass is 10.1. The van der Waals surface area contributed by atoms with Crippen molar-refractivity contribution in [1.82, 2.24) is 0 Å². The first-order valence-electron chi connectivity index (χ1n) is 5.20. The van der Waals surface area contributed by atoms with Crippen LogP contribution in [0.4, 0.5) is 5.69 Å². The molecule has 0 unspecified atom stereocenters. The van der Waals surface area contributed by atoms with Gasteiger partial charge in [-0.1, -0.05) is 5.92 Å². The molecule has 0 saturated heterocycles. The van der Waals surface area contributed by atoms with E-state index in [-0.39, 0.29) is 5.91 Å². The van der Waals surface area contributed by atoms with Crippen LogP contribution >= 0.6 is 0 Å². The zero-order valence-electron chi connectivity index (χ0n) is 9.41. The second-order valence-electron chi connectivity index (χ2n) is 3.58. The van der Waals surface area contributed by atoms with Crippen LogP contribution in [-0.4, -0.2) is 19.1 Å². The summed E-state index contributed by atoms with van der Waals surface area (Å²) in [7, 11) is 0. The molecule has 16 heavy (non-hydrogen) atoms. The van der Waals surface area contributed by atoms with E-state index in [9.17, 15) is 4.79 Å². The number of hydrogen-bond acceptors (Lipinski definition) is 2. The average molecular weight is 215 g/mol. The van der Waals surface area contributed by atoms with E-state index in [0.29, 0.717) is 13.2 Å². The molecule has 2 rings (SSSR count). The number of carbonyl (C=O) groups is 1. The fourth-order valence-electron chi connectivity index (χ4n) is 1.77. The van der Waals surface area contributed by atoms with Gasteiger partial charge in [-0.2, -0.15) is 0 Å². The molecule has 0 aromatic heterocycles. The Labute approximate surface area is 95.0 Å². The number of ether oxygens (including phenoxy) is 1. The predicted molar refractivity (Wildman–Crippen MR) is 62.5 cm³/mol. The van der Waals surface area contributed by atoms with Crippen LogP contribution < -0.4 is 9.64 Å². The van der Waals surface area contributed by atoms with Gasteiger partial charge >= 0.3 is 0 Å². The molecule has 0 atom stereocenters. The van der Waals surface area contributed by atoms with Crippen LogP contribution in [0, 0.1) is 11.8 Å². The summed E-state index contributed by atoms with van der Waals surface area (Å²) in [5.41, 5.74) is 1.72. The zero-order valence-corrected chi connectivity index (χ0v) is 9.41. The third-order valence-corrected chi connectivity index (χ3v) is 2.47. The molecule has 82 valence electrons. The van der Waals surface area contributed by atoms with Crippen molar-refractivity contribution in [2.24, 2.45) is 0 Å². The van der Waals surface area contributed by atoms with Gasteiger partial charge in [0.05, 0.1) is 12.2 Å². The highest BCUT2D eigenvalue weighted by Crippen LogP contribution is 2.32. The van der Waals surface area contributed by atoms with E-state index in [0.717, 1.165) is 17.0 Å². The number of nitrogens with zero attached hydrogens (tertiary/aromatic N) is 1. The molecule has 1 aliphatic rings. The molecule has 0 spiro atoms. The molecular weight excluding hydrogens is 202 g/mol. The molecule has 1 aliphatic heterocycles. The molecule has 0 bridgehead atoms. The maximum Gasteiger partial charge on any atom is 0.224 e. The molecule has 1 aromatic carbocycles. The van der Waals surface area contributed by atoms with Crippen LogP contribution in [0.15, 0.2) is 18.2 Å². The third kappa shape index (κ3) is 1.87. The van der Waals surface area contributed by atoms with Crippen LogP contribution in [0.25, 0.3) is 0 Å². The summed E-state index contributed by atoms with van der Waals surface area (Å²) in [5, 5.41) is 0. The van der Waals surface area contributed by atoms with Crippen molar-refractivity contribution < 1.29 is 9.53 Å². The monoisotopic (exact) mass is 215 g/mol. The second-order valence-corrected chi connectivity index (χ2v) is 3.58. The summed E-state index contributed by atoms with van der Waals surface area (Å²) in [6, 6.07) is 5.66. The minimum atomic E-state index is 0.0335. The Hall–Kier alpha value is -1.95. The lowest BCUT2D eigenvalue weighted by Crippen LogP contribution is -2.36. The highest BCUT2D eigenvalue weighted by atomic mass is 16.5. The SMILES string of the molecule is CC#Cc1ccc2c(c1)N(C(C)=O)CCO2. The third-order valence-electron chi connectivity index (χ3n) is 2.47. The van der Waals surface area contributed by atoms with Crippen LogP contribution in [0.1, 0.15) is 19.4 Å². The van der Waals surface area contributed by atoms with Gasteiger partial charge in [-0.25, -0.2) is 0 Å². The number of hydrogen-bond donors (Lipinski definition) is 0. The van der Waals surface area contributed by atoms with E-state index in [1.54, 1.807) is 18.7 Å². The normalized spacial score (nSPS) is 13.2. The van der Waals surface area contributed by atoms with Crippen molar-refractivity contribution in [2.45, 2.75) is 13.8 Å². The summed E-state index contributed by atoms with van der Waals surface area (Å²) in [5.74, 6) is 6.60. The van der Waals surface area contributed by atoms with E-state index in [4.69, 9.17) is 4.74 Å². The smallest absolute Gasteiger partial charge is 0.224 e. The molecule has 1 amide bonds. The van der Waals surface area contributed by atoms with Gasteiger partial charge < -0.3 is 9.64 Å². The first-order chi connectivity index (χ1) is 7.72. The van der Waals surface area contributed by atoms with Gasteiger partial charge in [0.25, 0.3) is 0 Å². The fourth-order valence-corrected chi connectivity index (χ4v) is 1.77. The Morgan fingerprint density at radius 2 is 2.31 bits per heavy atom. The molecule has 0 N–H and O–H groups in total. The van der Waals surface area contributed by atoms with Crippen molar-refractivity contribution in [3.05, 3.63) is 23.8 Å². The van der Waals surface area contributed by atoms with Crippen molar-refractivity contribution in [3.8, 4) is 17.6 Å². The number of fused-ring (bicyclic) bond motifs is 1. The van der Waals surface area contributed by atoms with Crippen molar-refractivity contribution in [3.63, 3.8) is 0 Å². The summed E-state index contributed by atoms with van der Waals surface area (Å²) in [4.78, 5) is 13.2. The summed E-state index contributed by atoms with van der Waals surface area (Å²) in [6.45, 7) is 4.50. The number of carbonyl (C=O) groups excluding carboxylic acids is 1. The molecule has 1 heterocycles. The minimum Gasteiger partial charge on any atom is -0.490 e. The van der Waals surface area contributed by atoms with Gasteiger partial charge in [-0.15, -0.1) is 5.92 Å². The Bertz CT molecular complexity index is 482. The molecule has 1 aromatic rings. The Morgan fingerprint density at radius 3 is 3.00 bits per heavy atom. The maximum absolute atomic E-state index is 11.5. The van der Waals surface area contributed by atoms with Gasteiger partial charge in [-0.05, 0) is 25.1 Å². The van der Waals surface area contributed by atoms with Crippen molar-refractivity contribution in [1.29, 1.82) is 0 Å². The molecule has 0 radical (unpaired) electrons. The number of amides is 1. The Morgan fingerprint density at radius 1 is 1.50 bits per heavy atom. The standard InChI is InChI=1S/C13H13NO2/c1-3-4-11-5-6-13-12(9-11)14(10(2)15)7-8-16-13/h5-6,9H,7-8H2,1-2H3. The Balaban J connectivity index is 2.47. The van der Waals surface area contributed by atoms with E-state index in [2.05, 4.69) is 11.8 Å². The van der Waals surface area contributed by atoms with E-state index >= 15 is 0 Å². The number of anilines is 1. The molecule has 0 saturated carbocycles. The molecule has 3 heteroatoms. The lowest BCUT2D eigenvalue weighted by Gasteiger charge is -2.28. The van der Waals surface area contributed by atoms with Crippen LogP contribution in [-0.2, 0) is 4.79 Å². The molecular formula is C13H13NO2. The molecule has 0 aliphatic carbocycles. The number of benzene rings is 1. The van der Waals surface area contributed by atoms with Gasteiger partial charge in [-0.3, -0.25) is 4.79 Å². The maximum atomic E-state index is 11.5. The fraction of sp³-hybridized carbons (Fsp3) is 0.308. The number of rotatable bonds is 0. The van der Waals surface area contributed by atoms with Crippen LogP contribution in [0.2, 0.25) is 0 Å². The van der Waals surface area contributed by atoms with E-state index in [1.165, 1.54) is 0 Å². The lowest BCUT2D eigenvalue weighted by molar-refractivity contribution is -0.116. The van der Waals surface area contributed by atoms with Crippen molar-refractivity contribution in [2.75, 3.05) is 18.1 Å². The first kappa shape index (κ1) is 10.6. The van der Waals surface area contributed by atoms with E-state index in [1.807, 2.05) is 18.2 Å². The van der Waals surface area contributed by atoms with Crippen LogP contribution in [0.5, 0.6) is 5.75 Å². The average Bonchev–Trinajstić information content (AvgIpc) is 2.28. The first-order valence-corrected chi connectivity index (χ1v) is 5.20. The molecule has 3 nitrogen and oxygen atoms in total. The van der Waals surface area contributed by atoms with Crippen molar-refractivity contribution >= 4 is 11.6 Å². The summed E-state index contributed by atoms with van der Waals surface area (Å²) < 4.78 is 5.49. The van der Waals surface area contributed by atoms with E-state index < -0.39 is 0 Å². The highest BCUT2D eigenvalue weighted by Gasteiger charge is 2.20. The second kappa shape index (κ2) is 4.28. The van der Waals surface area contributed by atoms with Gasteiger partial charge in [0.1, 0.15) is 12.4 Å². The Kier molecular flexibility index (Phi) is 2.82. The zero-order chi connectivity index (χ0) is 11.5. The highest BCUT2D eigenvalue weighted by molar-refractivity contribution is 5.93. The largest absolute Gasteiger partial charge is 0.490 e. The predicted octanol–water partition coefficient (Wildman–Crippen LogP) is 1.80. The summed E-state index contributed by atoms with van der Waals surface area (Å²) >= 11 is 0. The van der Waals surface area contributed by atoms with Crippen LogP contribution in [0.3, 0.4) is 0 Å². The van der Waals surface area contributed by atoms with Gasteiger partial charge in [0.2, 0.25) is 5.91 Å². The topological polar surface area (TPSA) is 29.5 Å². The molecule has 0 fully saturated rings.